The van der Waals surface area contributed by atoms with Gasteiger partial charge in [0.15, 0.2) is 0 Å². The summed E-state index contributed by atoms with van der Waals surface area (Å²) in [6.07, 6.45) is 2.32. The maximum absolute atomic E-state index is 12.6. The van der Waals surface area contributed by atoms with Crippen molar-refractivity contribution >= 4 is 27.7 Å². The Hall–Kier alpha value is -3.77. The van der Waals surface area contributed by atoms with Gasteiger partial charge in [-0.1, -0.05) is 6.07 Å². The number of anilines is 1. The van der Waals surface area contributed by atoms with Crippen LogP contribution in [0, 0.1) is 0 Å². The van der Waals surface area contributed by atoms with Crippen LogP contribution in [0.2, 0.25) is 0 Å². The fourth-order valence-corrected chi connectivity index (χ4v) is 3.88. The van der Waals surface area contributed by atoms with Crippen molar-refractivity contribution in [1.29, 1.82) is 0 Å². The smallest absolute Gasteiger partial charge is 0.407 e. The minimum Gasteiger partial charge on any atom is -0.444 e. The molecular formula is C22H26N6O5S. The van der Waals surface area contributed by atoms with Crippen LogP contribution in [0.15, 0.2) is 66.1 Å². The second-order valence-corrected chi connectivity index (χ2v) is 9.96. The lowest BCUT2D eigenvalue weighted by Crippen LogP contribution is -2.37. The number of nitrogens with zero attached hydrogens (tertiary/aromatic N) is 3. The number of alkyl carbamates (subject to hydrolysis) is 1. The maximum Gasteiger partial charge on any atom is 0.407 e. The lowest BCUT2D eigenvalue weighted by atomic mass is 10.2. The first-order chi connectivity index (χ1) is 16.0. The Morgan fingerprint density at radius 3 is 2.44 bits per heavy atom. The molecule has 34 heavy (non-hydrogen) atoms. The number of aromatic nitrogens is 3. The zero-order valence-corrected chi connectivity index (χ0v) is 19.8. The van der Waals surface area contributed by atoms with E-state index in [-0.39, 0.29) is 18.0 Å². The molecule has 0 radical (unpaired) electrons. The Kier molecular flexibility index (Phi) is 7.64. The van der Waals surface area contributed by atoms with Crippen LogP contribution in [0.25, 0.3) is 5.69 Å². The average molecular weight is 487 g/mol. The number of hydrogen-bond acceptors (Lipinski definition) is 7. The molecule has 2 aromatic carbocycles. The average Bonchev–Trinajstić information content (AvgIpc) is 3.31. The number of sulfonamides is 1. The molecule has 0 saturated carbocycles. The number of benzene rings is 2. The third-order valence-corrected chi connectivity index (χ3v) is 5.76. The largest absolute Gasteiger partial charge is 0.444 e. The van der Waals surface area contributed by atoms with Crippen LogP contribution in [0.1, 0.15) is 31.1 Å². The van der Waals surface area contributed by atoms with E-state index in [0.717, 1.165) is 5.69 Å². The minimum atomic E-state index is -3.86. The standard InChI is InChI=1S/C22H26N6O5S/c1-22(2,3)33-21(30)24-11-12-26-34(31,32)19-6-4-5-17(13-19)27-20(29)16-7-9-18(10-8-16)28-15-23-14-25-28/h4-10,13-15,26H,11-12H2,1-3H3,(H,24,30)(H,27,29). The number of nitrogens with one attached hydrogen (secondary N) is 3. The SMILES string of the molecule is CC(C)(C)OC(=O)NCCNS(=O)(=O)c1cccc(NC(=O)c2ccc(-n3cncn3)cc2)c1. The molecule has 0 aliphatic carbocycles. The maximum atomic E-state index is 12.6. The normalized spacial score (nSPS) is 11.6. The highest BCUT2D eigenvalue weighted by Crippen LogP contribution is 2.17. The van der Waals surface area contributed by atoms with Crippen LogP contribution in [0.3, 0.4) is 0 Å². The first kappa shape index (κ1) is 24.9. The van der Waals surface area contributed by atoms with Crippen molar-refractivity contribution in [2.24, 2.45) is 0 Å². The van der Waals surface area contributed by atoms with Gasteiger partial charge in [0.2, 0.25) is 10.0 Å². The van der Waals surface area contributed by atoms with Crippen LogP contribution in [0.5, 0.6) is 0 Å². The van der Waals surface area contributed by atoms with Crippen LogP contribution >= 0.6 is 0 Å². The molecule has 3 rings (SSSR count). The molecule has 11 nitrogen and oxygen atoms in total. The zero-order valence-electron chi connectivity index (χ0n) is 19.0. The molecule has 180 valence electrons. The summed E-state index contributed by atoms with van der Waals surface area (Å²) in [4.78, 5) is 28.1. The predicted molar refractivity (Wildman–Crippen MR) is 125 cm³/mol. The molecule has 3 aromatic rings. The van der Waals surface area contributed by atoms with Crippen molar-refractivity contribution in [1.82, 2.24) is 24.8 Å². The van der Waals surface area contributed by atoms with Gasteiger partial charge in [-0.2, -0.15) is 5.10 Å². The quantitative estimate of drug-likeness (QED) is 0.414. The van der Waals surface area contributed by atoms with Crippen LogP contribution < -0.4 is 15.4 Å². The number of hydrogen-bond donors (Lipinski definition) is 3. The molecule has 0 saturated heterocycles. The number of carbonyl (C=O) groups excluding carboxylic acids is 2. The zero-order chi connectivity index (χ0) is 24.8. The van der Waals surface area contributed by atoms with E-state index in [1.807, 2.05) is 0 Å². The number of amides is 2. The van der Waals surface area contributed by atoms with Gasteiger partial charge < -0.3 is 15.4 Å². The van der Waals surface area contributed by atoms with E-state index in [1.54, 1.807) is 62.1 Å². The monoisotopic (exact) mass is 486 g/mol. The molecule has 1 heterocycles. The van der Waals surface area contributed by atoms with E-state index in [2.05, 4.69) is 25.4 Å². The van der Waals surface area contributed by atoms with Crippen molar-refractivity contribution in [2.75, 3.05) is 18.4 Å². The van der Waals surface area contributed by atoms with Gasteiger partial charge in [-0.3, -0.25) is 4.79 Å². The Bertz CT molecular complexity index is 1240. The second-order valence-electron chi connectivity index (χ2n) is 8.20. The molecule has 0 unspecified atom stereocenters. The fraction of sp³-hybridized carbons (Fsp3) is 0.273. The van der Waals surface area contributed by atoms with Crippen molar-refractivity contribution in [3.63, 3.8) is 0 Å². The van der Waals surface area contributed by atoms with Crippen LogP contribution in [0.4, 0.5) is 10.5 Å². The highest BCUT2D eigenvalue weighted by Gasteiger charge is 2.17. The first-order valence-electron chi connectivity index (χ1n) is 10.4. The Morgan fingerprint density at radius 2 is 1.79 bits per heavy atom. The summed E-state index contributed by atoms with van der Waals surface area (Å²) in [5.41, 5.74) is 0.811. The van der Waals surface area contributed by atoms with E-state index in [4.69, 9.17) is 4.74 Å². The number of ether oxygens (including phenoxy) is 1. The van der Waals surface area contributed by atoms with Crippen LogP contribution in [-0.2, 0) is 14.8 Å². The molecule has 12 heteroatoms. The van der Waals surface area contributed by atoms with E-state index >= 15 is 0 Å². The van der Waals surface area contributed by atoms with Crippen molar-refractivity contribution in [2.45, 2.75) is 31.3 Å². The third kappa shape index (κ3) is 7.12. The molecule has 0 fully saturated rings. The van der Waals surface area contributed by atoms with E-state index in [0.29, 0.717) is 11.3 Å². The van der Waals surface area contributed by atoms with Gasteiger partial charge >= 0.3 is 6.09 Å². The fourth-order valence-electron chi connectivity index (χ4n) is 2.80. The molecule has 1 aromatic heterocycles. The minimum absolute atomic E-state index is 0.0240. The Balaban J connectivity index is 1.57. The van der Waals surface area contributed by atoms with E-state index < -0.39 is 27.6 Å². The van der Waals surface area contributed by atoms with Gasteiger partial charge in [0.25, 0.3) is 5.91 Å². The summed E-state index contributed by atoms with van der Waals surface area (Å²) in [5, 5.41) is 9.19. The molecule has 0 spiro atoms. The van der Waals surface area contributed by atoms with E-state index in [9.17, 15) is 18.0 Å². The highest BCUT2D eigenvalue weighted by molar-refractivity contribution is 7.89. The lowest BCUT2D eigenvalue weighted by molar-refractivity contribution is 0.0528. The van der Waals surface area contributed by atoms with Crippen molar-refractivity contribution in [3.05, 3.63) is 66.7 Å². The van der Waals surface area contributed by atoms with Gasteiger partial charge in [0.05, 0.1) is 10.6 Å². The van der Waals surface area contributed by atoms with Crippen LogP contribution in [-0.4, -0.2) is 53.9 Å². The molecule has 0 aliphatic heterocycles. The summed E-state index contributed by atoms with van der Waals surface area (Å²) >= 11 is 0. The van der Waals surface area contributed by atoms with E-state index in [1.165, 1.54) is 24.5 Å². The molecular weight excluding hydrogens is 460 g/mol. The van der Waals surface area contributed by atoms with Gasteiger partial charge in [-0.25, -0.2) is 27.6 Å². The van der Waals surface area contributed by atoms with Gasteiger partial charge in [-0.05, 0) is 63.2 Å². The topological polar surface area (TPSA) is 144 Å². The predicted octanol–water partition coefficient (Wildman–Crippen LogP) is 2.32. The summed E-state index contributed by atoms with van der Waals surface area (Å²) in [6.45, 7) is 5.21. The summed E-state index contributed by atoms with van der Waals surface area (Å²) < 4.78 is 34.2. The molecule has 0 bridgehead atoms. The number of rotatable bonds is 8. The van der Waals surface area contributed by atoms with Gasteiger partial charge in [0.1, 0.15) is 18.3 Å². The Labute approximate surface area is 197 Å². The summed E-state index contributed by atoms with van der Waals surface area (Å²) in [5.74, 6) is -0.394. The summed E-state index contributed by atoms with van der Waals surface area (Å²) in [7, 11) is -3.86. The third-order valence-electron chi connectivity index (χ3n) is 4.30. The van der Waals surface area contributed by atoms with Gasteiger partial charge in [0, 0.05) is 24.3 Å². The lowest BCUT2D eigenvalue weighted by Gasteiger charge is -2.19. The molecule has 0 aliphatic rings. The summed E-state index contributed by atoms with van der Waals surface area (Å²) in [6, 6.07) is 12.6. The van der Waals surface area contributed by atoms with Gasteiger partial charge in [-0.15, -0.1) is 0 Å². The second kappa shape index (κ2) is 10.4. The first-order valence-corrected chi connectivity index (χ1v) is 11.8. The van der Waals surface area contributed by atoms with Crippen molar-refractivity contribution < 1.29 is 22.7 Å². The van der Waals surface area contributed by atoms with Crippen molar-refractivity contribution in [3.8, 4) is 5.69 Å². The molecule has 2 amide bonds. The molecule has 3 N–H and O–H groups in total. The highest BCUT2D eigenvalue weighted by atomic mass is 32.2. The number of carbonyl (C=O) groups is 2. The molecule has 0 atom stereocenters. The Morgan fingerprint density at radius 1 is 1.06 bits per heavy atom.